The zero-order valence-corrected chi connectivity index (χ0v) is 11.1. The Kier molecular flexibility index (Phi) is 5.28. The van der Waals surface area contributed by atoms with Gasteiger partial charge in [0.1, 0.15) is 0 Å². The minimum atomic E-state index is 0.253. The van der Waals surface area contributed by atoms with Gasteiger partial charge in [-0.05, 0) is 37.5 Å². The van der Waals surface area contributed by atoms with Crippen LogP contribution in [0.15, 0.2) is 0 Å². The Hall–Kier alpha value is -0.550. The first-order chi connectivity index (χ1) is 7.55. The van der Waals surface area contributed by atoms with E-state index >= 15 is 0 Å². The second kappa shape index (κ2) is 6.25. The highest BCUT2D eigenvalue weighted by molar-refractivity contribution is 4.82. The Bertz CT molecular complexity index is 234. The first-order valence-corrected chi connectivity index (χ1v) is 6.65. The monoisotopic (exact) mass is 222 g/mol. The Morgan fingerprint density at radius 2 is 2.00 bits per heavy atom. The van der Waals surface area contributed by atoms with E-state index in [0.717, 1.165) is 18.9 Å². The van der Waals surface area contributed by atoms with Gasteiger partial charge in [0.2, 0.25) is 0 Å². The molecule has 92 valence electrons. The number of hydrogen-bond acceptors (Lipinski definition) is 2. The van der Waals surface area contributed by atoms with Gasteiger partial charge in [0.05, 0.1) is 6.07 Å². The molecule has 1 rings (SSSR count). The van der Waals surface area contributed by atoms with Crippen molar-refractivity contribution in [2.45, 2.75) is 65.3 Å². The Labute approximate surface area is 100 Å². The maximum atomic E-state index is 8.61. The van der Waals surface area contributed by atoms with Crippen molar-refractivity contribution in [1.29, 1.82) is 5.26 Å². The summed E-state index contributed by atoms with van der Waals surface area (Å²) < 4.78 is 0. The van der Waals surface area contributed by atoms with Crippen molar-refractivity contribution in [3.8, 4) is 6.07 Å². The lowest BCUT2D eigenvalue weighted by atomic mass is 9.87. The van der Waals surface area contributed by atoms with Crippen molar-refractivity contribution >= 4 is 0 Å². The average molecular weight is 222 g/mol. The number of hydrogen-bond donors (Lipinski definition) is 1. The summed E-state index contributed by atoms with van der Waals surface area (Å²) in [4.78, 5) is 0. The van der Waals surface area contributed by atoms with Crippen LogP contribution in [0.4, 0.5) is 0 Å². The van der Waals surface area contributed by atoms with Gasteiger partial charge in [-0.1, -0.05) is 26.7 Å². The summed E-state index contributed by atoms with van der Waals surface area (Å²) in [6.45, 7) is 7.85. The third-order valence-corrected chi connectivity index (χ3v) is 3.92. The van der Waals surface area contributed by atoms with Crippen LogP contribution in [-0.4, -0.2) is 12.6 Å². The first kappa shape index (κ1) is 13.5. The van der Waals surface area contributed by atoms with Crippen molar-refractivity contribution in [2.75, 3.05) is 6.54 Å². The van der Waals surface area contributed by atoms with Crippen LogP contribution in [0.5, 0.6) is 0 Å². The molecule has 0 saturated heterocycles. The van der Waals surface area contributed by atoms with Crippen LogP contribution in [0, 0.1) is 22.7 Å². The van der Waals surface area contributed by atoms with Crippen molar-refractivity contribution in [3.63, 3.8) is 0 Å². The molecule has 0 heterocycles. The molecule has 1 fully saturated rings. The molecule has 0 radical (unpaired) electrons. The predicted octanol–water partition coefficient (Wildman–Crippen LogP) is 3.48. The van der Waals surface area contributed by atoms with Crippen LogP contribution in [0.25, 0.3) is 0 Å². The van der Waals surface area contributed by atoms with Gasteiger partial charge in [-0.15, -0.1) is 0 Å². The Morgan fingerprint density at radius 3 is 2.56 bits per heavy atom. The van der Waals surface area contributed by atoms with Crippen LogP contribution in [0.3, 0.4) is 0 Å². The van der Waals surface area contributed by atoms with Gasteiger partial charge in [0, 0.05) is 19.0 Å². The van der Waals surface area contributed by atoms with Crippen molar-refractivity contribution in [2.24, 2.45) is 11.3 Å². The van der Waals surface area contributed by atoms with E-state index in [1.54, 1.807) is 0 Å². The van der Waals surface area contributed by atoms with E-state index < -0.39 is 0 Å². The average Bonchev–Trinajstić information content (AvgIpc) is 2.77. The third kappa shape index (κ3) is 4.53. The highest BCUT2D eigenvalue weighted by Crippen LogP contribution is 2.28. The number of nitrogens with one attached hydrogen (secondary N) is 1. The van der Waals surface area contributed by atoms with Crippen molar-refractivity contribution < 1.29 is 0 Å². The lowest BCUT2D eigenvalue weighted by Crippen LogP contribution is -2.38. The van der Waals surface area contributed by atoms with E-state index in [1.807, 2.05) is 0 Å². The summed E-state index contributed by atoms with van der Waals surface area (Å²) in [6.07, 6.45) is 7.28. The van der Waals surface area contributed by atoms with E-state index in [1.165, 1.54) is 25.7 Å². The molecule has 0 aromatic rings. The maximum absolute atomic E-state index is 8.61. The molecule has 0 aromatic heterocycles. The smallest absolute Gasteiger partial charge is 0.0621 e. The molecule has 0 bridgehead atoms. The molecule has 1 unspecified atom stereocenters. The maximum Gasteiger partial charge on any atom is 0.0621 e. The van der Waals surface area contributed by atoms with E-state index in [-0.39, 0.29) is 5.41 Å². The lowest BCUT2D eigenvalue weighted by molar-refractivity contribution is 0.276. The molecule has 1 aliphatic carbocycles. The fraction of sp³-hybridized carbons (Fsp3) is 0.929. The summed E-state index contributed by atoms with van der Waals surface area (Å²) >= 11 is 0. The van der Waals surface area contributed by atoms with Gasteiger partial charge in [-0.3, -0.25) is 0 Å². The Balaban J connectivity index is 2.24. The fourth-order valence-corrected chi connectivity index (χ4v) is 2.54. The van der Waals surface area contributed by atoms with Crippen molar-refractivity contribution in [1.82, 2.24) is 5.32 Å². The minimum absolute atomic E-state index is 0.253. The quantitative estimate of drug-likeness (QED) is 0.747. The van der Waals surface area contributed by atoms with Gasteiger partial charge in [-0.25, -0.2) is 0 Å². The normalized spacial score (nSPS) is 19.6. The van der Waals surface area contributed by atoms with Crippen LogP contribution < -0.4 is 5.32 Å². The largest absolute Gasteiger partial charge is 0.313 e. The minimum Gasteiger partial charge on any atom is -0.313 e. The van der Waals surface area contributed by atoms with Crippen LogP contribution in [0.1, 0.15) is 59.3 Å². The zero-order chi connectivity index (χ0) is 12.0. The molecular formula is C14H26N2. The van der Waals surface area contributed by atoms with Gasteiger partial charge < -0.3 is 5.32 Å². The van der Waals surface area contributed by atoms with Gasteiger partial charge in [-0.2, -0.15) is 5.26 Å². The molecular weight excluding hydrogens is 196 g/mol. The zero-order valence-electron chi connectivity index (χ0n) is 11.1. The highest BCUT2D eigenvalue weighted by atomic mass is 14.9. The molecule has 1 aliphatic rings. The molecule has 16 heavy (non-hydrogen) atoms. The number of nitriles is 1. The van der Waals surface area contributed by atoms with Gasteiger partial charge >= 0.3 is 0 Å². The summed E-state index contributed by atoms with van der Waals surface area (Å²) in [7, 11) is 0. The SMILES string of the molecule is CC(NCC(C)(C)CCC#N)C1CCCC1. The molecule has 1 atom stereocenters. The fourth-order valence-electron chi connectivity index (χ4n) is 2.54. The highest BCUT2D eigenvalue weighted by Gasteiger charge is 2.24. The molecule has 1 saturated carbocycles. The molecule has 0 amide bonds. The predicted molar refractivity (Wildman–Crippen MR) is 68.1 cm³/mol. The van der Waals surface area contributed by atoms with E-state index in [9.17, 15) is 0 Å². The number of rotatable bonds is 6. The third-order valence-electron chi connectivity index (χ3n) is 3.92. The molecule has 0 aromatic carbocycles. The second-order valence-electron chi connectivity index (χ2n) is 6.04. The van der Waals surface area contributed by atoms with Crippen LogP contribution >= 0.6 is 0 Å². The summed E-state index contributed by atoms with van der Waals surface area (Å²) in [5, 5.41) is 12.3. The standard InChI is InChI=1S/C14H26N2/c1-12(13-7-4-5-8-13)16-11-14(2,3)9-6-10-15/h12-13,16H,4-9,11H2,1-3H3. The summed E-state index contributed by atoms with van der Waals surface area (Å²) in [5.41, 5.74) is 0.253. The van der Waals surface area contributed by atoms with Gasteiger partial charge in [0.15, 0.2) is 0 Å². The number of nitrogens with zero attached hydrogens (tertiary/aromatic N) is 1. The van der Waals surface area contributed by atoms with E-state index in [2.05, 4.69) is 32.2 Å². The Morgan fingerprint density at radius 1 is 1.38 bits per heavy atom. The molecule has 2 heteroatoms. The summed E-state index contributed by atoms with van der Waals surface area (Å²) in [5.74, 6) is 0.881. The van der Waals surface area contributed by atoms with Crippen molar-refractivity contribution in [3.05, 3.63) is 0 Å². The van der Waals surface area contributed by atoms with Gasteiger partial charge in [0.25, 0.3) is 0 Å². The molecule has 2 nitrogen and oxygen atoms in total. The van der Waals surface area contributed by atoms with Crippen LogP contribution in [-0.2, 0) is 0 Å². The van der Waals surface area contributed by atoms with E-state index in [0.29, 0.717) is 12.5 Å². The van der Waals surface area contributed by atoms with E-state index in [4.69, 9.17) is 5.26 Å². The first-order valence-electron chi connectivity index (χ1n) is 6.65. The molecule has 0 aliphatic heterocycles. The van der Waals surface area contributed by atoms with Crippen LogP contribution in [0.2, 0.25) is 0 Å². The topological polar surface area (TPSA) is 35.8 Å². The molecule has 0 spiro atoms. The summed E-state index contributed by atoms with van der Waals surface area (Å²) in [6, 6.07) is 2.88. The lowest BCUT2D eigenvalue weighted by Gasteiger charge is -2.28. The molecule has 1 N–H and O–H groups in total. The second-order valence-corrected chi connectivity index (χ2v) is 6.04.